The lowest BCUT2D eigenvalue weighted by Gasteiger charge is -2.31. The Balaban J connectivity index is 1.81. The van der Waals surface area contributed by atoms with Gasteiger partial charge in [-0.05, 0) is 30.3 Å². The lowest BCUT2D eigenvalue weighted by molar-refractivity contribution is -0.883. The van der Waals surface area contributed by atoms with Crippen LogP contribution < -0.4 is 4.90 Å². The van der Waals surface area contributed by atoms with E-state index in [1.807, 2.05) is 12.1 Å². The molecule has 0 saturated carbocycles. The first kappa shape index (κ1) is 15.8. The molecule has 6 heteroatoms. The van der Waals surface area contributed by atoms with E-state index in [1.54, 1.807) is 18.2 Å². The van der Waals surface area contributed by atoms with Crippen LogP contribution in [0.2, 0.25) is 10.0 Å². The predicted molar refractivity (Wildman–Crippen MR) is 94.1 cm³/mol. The monoisotopic (exact) mass is 355 g/mol. The second kappa shape index (κ2) is 6.59. The number of benzene rings is 1. The average Bonchev–Trinajstić information content (AvgIpc) is 2.99. The second-order valence-electron chi connectivity index (χ2n) is 5.54. The number of nitrogens with zero attached hydrogens (tertiary/aromatic N) is 1. The molecule has 1 aliphatic rings. The van der Waals surface area contributed by atoms with Gasteiger partial charge in [-0.2, -0.15) is 0 Å². The third-order valence-corrected chi connectivity index (χ3v) is 4.94. The SMILES string of the molecule is C[NH+]1CCN(C(=S)c2ccc(-c3cc(Cl)ccc3Cl)o2)CC1. The average molecular weight is 356 g/mol. The van der Waals surface area contributed by atoms with E-state index in [0.717, 1.165) is 36.7 Å². The number of thiocarbonyl (C=S) groups is 1. The number of nitrogens with one attached hydrogen (secondary N) is 1. The van der Waals surface area contributed by atoms with Crippen LogP contribution in [-0.4, -0.2) is 43.1 Å². The van der Waals surface area contributed by atoms with Gasteiger partial charge in [-0.15, -0.1) is 0 Å². The Hall–Kier alpha value is -1.07. The van der Waals surface area contributed by atoms with E-state index >= 15 is 0 Å². The van der Waals surface area contributed by atoms with Crippen molar-refractivity contribution in [2.45, 2.75) is 0 Å². The number of rotatable bonds is 2. The summed E-state index contributed by atoms with van der Waals surface area (Å²) in [5.41, 5.74) is 0.783. The molecule has 1 aliphatic heterocycles. The van der Waals surface area contributed by atoms with E-state index < -0.39 is 0 Å². The van der Waals surface area contributed by atoms with E-state index in [4.69, 9.17) is 39.8 Å². The smallest absolute Gasteiger partial charge is 0.162 e. The van der Waals surface area contributed by atoms with Crippen molar-refractivity contribution in [1.29, 1.82) is 0 Å². The summed E-state index contributed by atoms with van der Waals surface area (Å²) < 4.78 is 5.91. The van der Waals surface area contributed by atoms with Crippen molar-refractivity contribution < 1.29 is 9.32 Å². The molecular weight excluding hydrogens is 339 g/mol. The van der Waals surface area contributed by atoms with Gasteiger partial charge in [0.25, 0.3) is 0 Å². The molecule has 2 heterocycles. The first-order chi connectivity index (χ1) is 10.5. The van der Waals surface area contributed by atoms with Gasteiger partial charge in [0.1, 0.15) is 10.7 Å². The van der Waals surface area contributed by atoms with E-state index in [1.165, 1.54) is 4.90 Å². The normalized spacial score (nSPS) is 16.0. The van der Waals surface area contributed by atoms with Gasteiger partial charge in [-0.1, -0.05) is 35.4 Å². The van der Waals surface area contributed by atoms with Crippen molar-refractivity contribution in [2.75, 3.05) is 33.2 Å². The molecule has 1 saturated heterocycles. The maximum atomic E-state index is 6.22. The molecule has 2 aromatic rings. The van der Waals surface area contributed by atoms with Gasteiger partial charge in [0.05, 0.1) is 38.2 Å². The summed E-state index contributed by atoms with van der Waals surface area (Å²) in [5.74, 6) is 1.39. The number of quaternary nitrogens is 1. The first-order valence-corrected chi connectivity index (χ1v) is 8.37. The number of halogens is 2. The van der Waals surface area contributed by atoms with Crippen LogP contribution in [0.4, 0.5) is 0 Å². The maximum Gasteiger partial charge on any atom is 0.162 e. The summed E-state index contributed by atoms with van der Waals surface area (Å²) in [6, 6.07) is 9.12. The lowest BCUT2D eigenvalue weighted by Crippen LogP contribution is -3.12. The number of likely N-dealkylation sites (N-methyl/N-ethyl adjacent to an activating group) is 1. The maximum absolute atomic E-state index is 6.22. The van der Waals surface area contributed by atoms with Crippen LogP contribution >= 0.6 is 35.4 Å². The van der Waals surface area contributed by atoms with Crippen LogP contribution in [0.5, 0.6) is 0 Å². The van der Waals surface area contributed by atoms with Crippen molar-refractivity contribution in [1.82, 2.24) is 4.90 Å². The molecule has 1 aromatic carbocycles. The highest BCUT2D eigenvalue weighted by molar-refractivity contribution is 7.80. The zero-order valence-electron chi connectivity index (χ0n) is 12.2. The van der Waals surface area contributed by atoms with Crippen molar-refractivity contribution in [2.24, 2.45) is 0 Å². The summed E-state index contributed by atoms with van der Waals surface area (Å²) >= 11 is 17.8. The summed E-state index contributed by atoms with van der Waals surface area (Å²) in [6.07, 6.45) is 0. The van der Waals surface area contributed by atoms with E-state index in [-0.39, 0.29) is 0 Å². The fraction of sp³-hybridized carbons (Fsp3) is 0.312. The first-order valence-electron chi connectivity index (χ1n) is 7.20. The molecule has 0 aliphatic carbocycles. The summed E-state index contributed by atoms with van der Waals surface area (Å²) in [6.45, 7) is 4.10. The van der Waals surface area contributed by atoms with Crippen LogP contribution in [0, 0.1) is 0 Å². The molecule has 22 heavy (non-hydrogen) atoms. The molecule has 0 atom stereocenters. The van der Waals surface area contributed by atoms with Gasteiger partial charge in [0.15, 0.2) is 5.76 Å². The van der Waals surface area contributed by atoms with Gasteiger partial charge < -0.3 is 14.2 Å². The molecule has 1 fully saturated rings. The number of hydrogen-bond donors (Lipinski definition) is 1. The largest absolute Gasteiger partial charge is 0.454 e. The number of furan rings is 1. The van der Waals surface area contributed by atoms with Gasteiger partial charge in [0.2, 0.25) is 0 Å². The molecule has 0 amide bonds. The quantitative estimate of drug-likeness (QED) is 0.836. The van der Waals surface area contributed by atoms with Crippen LogP contribution in [-0.2, 0) is 0 Å². The molecule has 3 rings (SSSR count). The zero-order valence-corrected chi connectivity index (χ0v) is 14.6. The Morgan fingerprint density at radius 1 is 1.18 bits per heavy atom. The Labute approximate surface area is 145 Å². The lowest BCUT2D eigenvalue weighted by atomic mass is 10.2. The van der Waals surface area contributed by atoms with Gasteiger partial charge in [0, 0.05) is 10.6 Å². The van der Waals surface area contributed by atoms with E-state index in [9.17, 15) is 0 Å². The molecule has 1 aromatic heterocycles. The predicted octanol–water partition coefficient (Wildman–Crippen LogP) is 2.76. The fourth-order valence-corrected chi connectivity index (χ4v) is 3.21. The van der Waals surface area contributed by atoms with Gasteiger partial charge in [-0.3, -0.25) is 0 Å². The molecule has 3 nitrogen and oxygen atoms in total. The van der Waals surface area contributed by atoms with Crippen molar-refractivity contribution in [3.8, 4) is 11.3 Å². The Kier molecular flexibility index (Phi) is 4.73. The Bertz CT molecular complexity index is 693. The highest BCUT2D eigenvalue weighted by Crippen LogP contribution is 2.32. The van der Waals surface area contributed by atoms with E-state index in [0.29, 0.717) is 21.6 Å². The third-order valence-electron chi connectivity index (χ3n) is 3.91. The van der Waals surface area contributed by atoms with Gasteiger partial charge >= 0.3 is 0 Å². The fourth-order valence-electron chi connectivity index (χ4n) is 2.53. The molecule has 0 bridgehead atoms. The molecule has 1 N–H and O–H groups in total. The number of hydrogen-bond acceptors (Lipinski definition) is 2. The summed E-state index contributed by atoms with van der Waals surface area (Å²) in [4.78, 5) is 4.49. The van der Waals surface area contributed by atoms with Crippen molar-refractivity contribution >= 4 is 40.4 Å². The van der Waals surface area contributed by atoms with Crippen LogP contribution in [0.15, 0.2) is 34.7 Å². The minimum Gasteiger partial charge on any atom is -0.454 e. The van der Waals surface area contributed by atoms with Crippen LogP contribution in [0.25, 0.3) is 11.3 Å². The highest BCUT2D eigenvalue weighted by Gasteiger charge is 2.22. The Morgan fingerprint density at radius 3 is 2.64 bits per heavy atom. The molecule has 0 radical (unpaired) electrons. The van der Waals surface area contributed by atoms with E-state index in [2.05, 4.69) is 11.9 Å². The van der Waals surface area contributed by atoms with Gasteiger partial charge in [-0.25, -0.2) is 0 Å². The standard InChI is InChI=1S/C16H16Cl2N2OS/c1-19-6-8-20(9-7-19)16(22)15-5-4-14(21-15)12-10-11(17)2-3-13(12)18/h2-5,10H,6-9H2,1H3/p+1. The molecule has 0 unspecified atom stereocenters. The number of piperazine rings is 1. The van der Waals surface area contributed by atoms with Crippen LogP contribution in [0.3, 0.4) is 0 Å². The summed E-state index contributed by atoms with van der Waals surface area (Å²) in [5, 5.41) is 1.24. The molecule has 0 spiro atoms. The minimum atomic E-state index is 0.611. The Morgan fingerprint density at radius 2 is 1.91 bits per heavy atom. The minimum absolute atomic E-state index is 0.611. The highest BCUT2D eigenvalue weighted by atomic mass is 35.5. The zero-order chi connectivity index (χ0) is 15.7. The second-order valence-corrected chi connectivity index (χ2v) is 6.77. The topological polar surface area (TPSA) is 20.8 Å². The molecular formula is C16H17Cl2N2OS+. The third kappa shape index (κ3) is 3.30. The van der Waals surface area contributed by atoms with Crippen molar-refractivity contribution in [3.05, 3.63) is 46.1 Å². The van der Waals surface area contributed by atoms with Crippen molar-refractivity contribution in [3.63, 3.8) is 0 Å². The molecule has 116 valence electrons. The van der Waals surface area contributed by atoms with Crippen LogP contribution in [0.1, 0.15) is 5.76 Å². The summed E-state index contributed by atoms with van der Waals surface area (Å²) in [7, 11) is 2.20.